The topological polar surface area (TPSA) is 59.0 Å². The largest absolute Gasteiger partial charge is 0.349 e. The van der Waals surface area contributed by atoms with E-state index in [1.807, 2.05) is 31.6 Å². The van der Waals surface area contributed by atoms with Crippen LogP contribution >= 0.6 is 35.6 Å². The third kappa shape index (κ3) is 3.46. The van der Waals surface area contributed by atoms with Gasteiger partial charge in [-0.25, -0.2) is 0 Å². The summed E-state index contributed by atoms with van der Waals surface area (Å²) in [5, 5.41) is 12.0. The lowest BCUT2D eigenvalue weighted by molar-refractivity contribution is -0.125. The fourth-order valence-corrected chi connectivity index (χ4v) is 4.44. The van der Waals surface area contributed by atoms with Crippen LogP contribution in [0.1, 0.15) is 35.1 Å². The average Bonchev–Trinajstić information content (AvgIpc) is 3.30. The van der Waals surface area contributed by atoms with Crippen LogP contribution in [0.25, 0.3) is 0 Å². The van der Waals surface area contributed by atoms with E-state index in [0.717, 1.165) is 36.1 Å². The van der Waals surface area contributed by atoms with Crippen molar-refractivity contribution in [1.29, 1.82) is 0 Å². The third-order valence-electron chi connectivity index (χ3n) is 5.31. The van der Waals surface area contributed by atoms with Crippen LogP contribution in [0.15, 0.2) is 24.5 Å². The highest BCUT2D eigenvalue weighted by atomic mass is 35.5. The normalized spacial score (nSPS) is 24.2. The number of carbonyl (C=O) groups is 1. The molecule has 4 rings (SSSR count). The Morgan fingerprint density at radius 3 is 2.88 bits per heavy atom. The van der Waals surface area contributed by atoms with E-state index in [1.54, 1.807) is 4.68 Å². The molecule has 1 unspecified atom stereocenters. The molecule has 1 amide bonds. The van der Waals surface area contributed by atoms with Gasteiger partial charge in [0, 0.05) is 32.3 Å². The number of nitrogens with one attached hydrogen (secondary N) is 2. The second-order valence-corrected chi connectivity index (χ2v) is 7.63. The number of halogens is 3. The molecule has 1 aromatic heterocycles. The van der Waals surface area contributed by atoms with Gasteiger partial charge < -0.3 is 10.6 Å². The van der Waals surface area contributed by atoms with Crippen LogP contribution < -0.4 is 10.6 Å². The average molecular weight is 416 g/mol. The summed E-state index contributed by atoms with van der Waals surface area (Å²) < 4.78 is 1.78. The van der Waals surface area contributed by atoms with Crippen molar-refractivity contribution in [2.24, 2.45) is 13.0 Å². The molecule has 0 spiro atoms. The molecule has 1 aromatic carbocycles. The third-order valence-corrected chi connectivity index (χ3v) is 6.15. The number of fused-ring (bicyclic) bond motifs is 1. The van der Waals surface area contributed by atoms with Gasteiger partial charge in [0.2, 0.25) is 5.91 Å². The zero-order chi connectivity index (χ0) is 17.6. The molecular formula is C18H21Cl3N4O. The maximum absolute atomic E-state index is 12.9. The number of benzene rings is 1. The first-order valence-corrected chi connectivity index (χ1v) is 9.26. The fraction of sp³-hybridized carbons (Fsp3) is 0.444. The van der Waals surface area contributed by atoms with Crippen LogP contribution in [-0.4, -0.2) is 28.8 Å². The molecule has 140 valence electrons. The minimum atomic E-state index is -0.0870. The van der Waals surface area contributed by atoms with Gasteiger partial charge in [0.05, 0.1) is 28.2 Å². The SMILES string of the molecule is Cl.Cn1cc([C@H]2CNC[C@@H]2C(=O)NC2CCc3c2ccc(Cl)c3Cl)cn1. The van der Waals surface area contributed by atoms with Crippen LogP contribution in [0.3, 0.4) is 0 Å². The molecule has 1 aliphatic heterocycles. The smallest absolute Gasteiger partial charge is 0.225 e. The molecule has 8 heteroatoms. The number of rotatable bonds is 3. The molecule has 0 bridgehead atoms. The summed E-state index contributed by atoms with van der Waals surface area (Å²) in [7, 11) is 1.89. The van der Waals surface area contributed by atoms with Gasteiger partial charge in [-0.15, -0.1) is 12.4 Å². The van der Waals surface area contributed by atoms with Gasteiger partial charge >= 0.3 is 0 Å². The zero-order valence-corrected chi connectivity index (χ0v) is 16.7. The summed E-state index contributed by atoms with van der Waals surface area (Å²) >= 11 is 12.4. The molecule has 1 fully saturated rings. The van der Waals surface area contributed by atoms with Crippen LogP contribution in [0.5, 0.6) is 0 Å². The molecular weight excluding hydrogens is 395 g/mol. The van der Waals surface area contributed by atoms with E-state index in [-0.39, 0.29) is 36.2 Å². The van der Waals surface area contributed by atoms with E-state index in [9.17, 15) is 4.79 Å². The van der Waals surface area contributed by atoms with E-state index >= 15 is 0 Å². The quantitative estimate of drug-likeness (QED) is 0.809. The van der Waals surface area contributed by atoms with E-state index < -0.39 is 0 Å². The molecule has 2 aromatic rings. The van der Waals surface area contributed by atoms with Gasteiger partial charge in [-0.05, 0) is 35.6 Å². The van der Waals surface area contributed by atoms with Crippen LogP contribution in [0.4, 0.5) is 0 Å². The van der Waals surface area contributed by atoms with Crippen molar-refractivity contribution < 1.29 is 4.79 Å². The van der Waals surface area contributed by atoms with Gasteiger partial charge in [-0.2, -0.15) is 5.10 Å². The molecule has 1 aliphatic carbocycles. The first-order chi connectivity index (χ1) is 12.0. The number of hydrogen-bond acceptors (Lipinski definition) is 3. The van der Waals surface area contributed by atoms with E-state index in [4.69, 9.17) is 23.2 Å². The lowest BCUT2D eigenvalue weighted by Crippen LogP contribution is -2.36. The number of nitrogens with zero attached hydrogens (tertiary/aromatic N) is 2. The maximum Gasteiger partial charge on any atom is 0.225 e. The van der Waals surface area contributed by atoms with Crippen molar-refractivity contribution in [3.05, 3.63) is 51.3 Å². The summed E-state index contributed by atoms with van der Waals surface area (Å²) in [5.41, 5.74) is 3.26. The Morgan fingerprint density at radius 2 is 2.15 bits per heavy atom. The number of amides is 1. The molecule has 2 heterocycles. The number of hydrogen-bond donors (Lipinski definition) is 2. The number of aryl methyl sites for hydroxylation is 1. The van der Waals surface area contributed by atoms with Gasteiger partial charge in [-0.1, -0.05) is 29.3 Å². The van der Waals surface area contributed by atoms with Crippen LogP contribution in [-0.2, 0) is 18.3 Å². The Bertz CT molecular complexity index is 823. The molecule has 5 nitrogen and oxygen atoms in total. The Labute approximate surface area is 168 Å². The van der Waals surface area contributed by atoms with Crippen molar-refractivity contribution >= 4 is 41.5 Å². The van der Waals surface area contributed by atoms with Crippen molar-refractivity contribution in [2.45, 2.75) is 24.8 Å². The van der Waals surface area contributed by atoms with Gasteiger partial charge in [-0.3, -0.25) is 9.48 Å². The molecule has 2 aliphatic rings. The highest BCUT2D eigenvalue weighted by Crippen LogP contribution is 2.39. The van der Waals surface area contributed by atoms with E-state index in [2.05, 4.69) is 15.7 Å². The Kier molecular flexibility index (Phi) is 5.82. The van der Waals surface area contributed by atoms with Crippen LogP contribution in [0.2, 0.25) is 10.0 Å². The lowest BCUT2D eigenvalue weighted by atomic mass is 9.90. The summed E-state index contributed by atoms with van der Waals surface area (Å²) in [5.74, 6) is 0.155. The highest BCUT2D eigenvalue weighted by molar-refractivity contribution is 6.42. The van der Waals surface area contributed by atoms with Crippen molar-refractivity contribution in [3.63, 3.8) is 0 Å². The first kappa shape index (κ1) is 19.5. The second-order valence-electron chi connectivity index (χ2n) is 6.85. The van der Waals surface area contributed by atoms with Gasteiger partial charge in [0.15, 0.2) is 0 Å². The zero-order valence-electron chi connectivity index (χ0n) is 14.3. The lowest BCUT2D eigenvalue weighted by Gasteiger charge is -2.21. The standard InChI is InChI=1S/C18H20Cl2N4O.ClH/c1-24-9-10(6-22-24)13-7-21-8-14(13)18(25)23-16-5-3-12-11(16)2-4-15(19)17(12)20;/h2,4,6,9,13-14,16,21H,3,5,7-8H2,1H3,(H,23,25);1H/t13-,14+,16?;/m1./s1. The molecule has 2 N–H and O–H groups in total. The molecule has 3 atom stereocenters. The van der Waals surface area contributed by atoms with E-state index in [1.165, 1.54) is 0 Å². The monoisotopic (exact) mass is 414 g/mol. The minimum Gasteiger partial charge on any atom is -0.349 e. The molecule has 0 radical (unpaired) electrons. The fourth-order valence-electron chi connectivity index (χ4n) is 4.00. The number of carbonyl (C=O) groups excluding carboxylic acids is 1. The molecule has 0 saturated carbocycles. The minimum absolute atomic E-state index is 0. The predicted molar refractivity (Wildman–Crippen MR) is 105 cm³/mol. The summed E-state index contributed by atoms with van der Waals surface area (Å²) in [6.45, 7) is 1.48. The Hall–Kier alpha value is -1.27. The molecule has 26 heavy (non-hydrogen) atoms. The second kappa shape index (κ2) is 7.77. The van der Waals surface area contributed by atoms with Gasteiger partial charge in [0.25, 0.3) is 0 Å². The van der Waals surface area contributed by atoms with Gasteiger partial charge in [0.1, 0.15) is 0 Å². The summed E-state index contributed by atoms with van der Waals surface area (Å²) in [6, 6.07) is 3.79. The number of aromatic nitrogens is 2. The predicted octanol–water partition coefficient (Wildman–Crippen LogP) is 3.26. The summed E-state index contributed by atoms with van der Waals surface area (Å²) in [6.07, 6.45) is 5.54. The van der Waals surface area contributed by atoms with Crippen LogP contribution in [0, 0.1) is 5.92 Å². The van der Waals surface area contributed by atoms with Crippen molar-refractivity contribution in [2.75, 3.05) is 13.1 Å². The summed E-state index contributed by atoms with van der Waals surface area (Å²) in [4.78, 5) is 12.9. The molecule has 1 saturated heterocycles. The van der Waals surface area contributed by atoms with Crippen molar-refractivity contribution in [3.8, 4) is 0 Å². The first-order valence-electron chi connectivity index (χ1n) is 8.51. The Morgan fingerprint density at radius 1 is 1.35 bits per heavy atom. The maximum atomic E-state index is 12.9. The van der Waals surface area contributed by atoms with Crippen molar-refractivity contribution in [1.82, 2.24) is 20.4 Å². The Balaban J connectivity index is 0.00000196. The highest BCUT2D eigenvalue weighted by Gasteiger charge is 2.36. The van der Waals surface area contributed by atoms with E-state index in [0.29, 0.717) is 16.6 Å².